The SMILES string of the molecule is Cc1ccccc1[C@@H](C=O)[C@@H](C1=C(O)c2ccccc2C1=O)c1ccccc1. The monoisotopic (exact) mass is 368 g/mol. The number of ketones is 1. The summed E-state index contributed by atoms with van der Waals surface area (Å²) >= 11 is 0. The van der Waals surface area contributed by atoms with Crippen LogP contribution < -0.4 is 0 Å². The van der Waals surface area contributed by atoms with Gasteiger partial charge in [0.25, 0.3) is 0 Å². The Hall–Kier alpha value is -3.46. The Kier molecular flexibility index (Phi) is 4.66. The van der Waals surface area contributed by atoms with E-state index >= 15 is 0 Å². The lowest BCUT2D eigenvalue weighted by atomic mass is 9.75. The summed E-state index contributed by atoms with van der Waals surface area (Å²) in [4.78, 5) is 25.5. The second kappa shape index (κ2) is 7.28. The lowest BCUT2D eigenvalue weighted by Gasteiger charge is -2.26. The molecule has 0 saturated heterocycles. The molecule has 1 aliphatic carbocycles. The van der Waals surface area contributed by atoms with Crippen LogP contribution in [-0.4, -0.2) is 17.2 Å². The van der Waals surface area contributed by atoms with Crippen molar-refractivity contribution in [3.8, 4) is 0 Å². The number of aldehydes is 1. The predicted octanol–water partition coefficient (Wildman–Crippen LogP) is 5.23. The van der Waals surface area contributed by atoms with Crippen molar-refractivity contribution < 1.29 is 14.7 Å². The van der Waals surface area contributed by atoms with Crippen molar-refractivity contribution >= 4 is 17.8 Å². The third kappa shape index (κ3) is 2.85. The number of fused-ring (bicyclic) bond motifs is 1. The summed E-state index contributed by atoms with van der Waals surface area (Å²) in [5.41, 5.74) is 3.94. The Morgan fingerprint density at radius 3 is 2.07 bits per heavy atom. The van der Waals surface area contributed by atoms with Gasteiger partial charge < -0.3 is 9.90 Å². The smallest absolute Gasteiger partial charge is 0.194 e. The van der Waals surface area contributed by atoms with Crippen LogP contribution in [0, 0.1) is 6.92 Å². The van der Waals surface area contributed by atoms with Gasteiger partial charge >= 0.3 is 0 Å². The molecule has 0 radical (unpaired) electrons. The Balaban J connectivity index is 1.94. The second-order valence-electron chi connectivity index (χ2n) is 7.04. The van der Waals surface area contributed by atoms with Gasteiger partial charge in [0.05, 0.1) is 11.5 Å². The number of carbonyl (C=O) groups excluding carboxylic acids is 2. The molecule has 3 heteroatoms. The molecule has 0 heterocycles. The van der Waals surface area contributed by atoms with Gasteiger partial charge in [-0.1, -0.05) is 78.9 Å². The summed E-state index contributed by atoms with van der Waals surface area (Å²) in [5, 5.41) is 10.9. The van der Waals surface area contributed by atoms with Gasteiger partial charge in [0.2, 0.25) is 0 Å². The highest BCUT2D eigenvalue weighted by Crippen LogP contribution is 2.45. The number of aliphatic hydroxyl groups excluding tert-OH is 1. The summed E-state index contributed by atoms with van der Waals surface area (Å²) < 4.78 is 0. The molecule has 0 amide bonds. The highest BCUT2D eigenvalue weighted by molar-refractivity contribution is 6.20. The van der Waals surface area contributed by atoms with Crippen molar-refractivity contribution in [2.45, 2.75) is 18.8 Å². The fourth-order valence-corrected chi connectivity index (χ4v) is 4.08. The van der Waals surface area contributed by atoms with E-state index in [-0.39, 0.29) is 17.1 Å². The second-order valence-corrected chi connectivity index (χ2v) is 7.04. The topological polar surface area (TPSA) is 54.4 Å². The van der Waals surface area contributed by atoms with E-state index in [1.165, 1.54) is 0 Å². The average Bonchev–Trinajstić information content (AvgIpc) is 2.98. The number of aryl methyl sites for hydroxylation is 1. The van der Waals surface area contributed by atoms with Crippen LogP contribution in [-0.2, 0) is 4.79 Å². The van der Waals surface area contributed by atoms with E-state index < -0.39 is 11.8 Å². The number of rotatable bonds is 5. The van der Waals surface area contributed by atoms with Gasteiger partial charge in [0.1, 0.15) is 12.0 Å². The van der Waals surface area contributed by atoms with Crippen molar-refractivity contribution in [2.75, 3.05) is 0 Å². The Bertz CT molecular complexity index is 1080. The normalized spacial score (nSPS) is 15.2. The molecule has 3 aromatic carbocycles. The van der Waals surface area contributed by atoms with E-state index in [0.29, 0.717) is 11.1 Å². The minimum atomic E-state index is -0.584. The number of Topliss-reactive ketones (excluding diaryl/α,β-unsaturated/α-hetero) is 1. The van der Waals surface area contributed by atoms with Crippen LogP contribution in [0.2, 0.25) is 0 Å². The first-order valence-electron chi connectivity index (χ1n) is 9.26. The number of hydrogen-bond acceptors (Lipinski definition) is 3. The first-order valence-corrected chi connectivity index (χ1v) is 9.26. The van der Waals surface area contributed by atoms with Crippen molar-refractivity contribution in [3.63, 3.8) is 0 Å². The van der Waals surface area contributed by atoms with Gasteiger partial charge in [-0.3, -0.25) is 4.79 Å². The average molecular weight is 368 g/mol. The highest BCUT2D eigenvalue weighted by atomic mass is 16.3. The fraction of sp³-hybridized carbons (Fsp3) is 0.120. The maximum Gasteiger partial charge on any atom is 0.194 e. The van der Waals surface area contributed by atoms with Crippen LogP contribution in [0.4, 0.5) is 0 Å². The standard InChI is InChI=1S/C25H20O3/c1-16-9-5-6-12-18(16)21(15-26)22(17-10-3-2-4-11-17)23-24(27)19-13-7-8-14-20(19)25(23)28/h2-15,21-22,27H,1H3/t21-,22+/m1/s1. The van der Waals surface area contributed by atoms with E-state index in [2.05, 4.69) is 0 Å². The van der Waals surface area contributed by atoms with E-state index in [1.54, 1.807) is 24.3 Å². The predicted molar refractivity (Wildman–Crippen MR) is 109 cm³/mol. The van der Waals surface area contributed by atoms with Crippen LogP contribution in [0.15, 0.2) is 84.4 Å². The number of allylic oxidation sites excluding steroid dienone is 1. The van der Waals surface area contributed by atoms with Gasteiger partial charge in [-0.2, -0.15) is 0 Å². The van der Waals surface area contributed by atoms with Gasteiger partial charge in [0.15, 0.2) is 5.78 Å². The number of aliphatic hydroxyl groups is 1. The molecular weight excluding hydrogens is 348 g/mol. The van der Waals surface area contributed by atoms with Gasteiger partial charge in [-0.05, 0) is 23.6 Å². The lowest BCUT2D eigenvalue weighted by molar-refractivity contribution is -0.109. The Labute approximate surface area is 164 Å². The molecule has 0 spiro atoms. The maximum absolute atomic E-state index is 13.2. The molecule has 138 valence electrons. The number of benzene rings is 3. The summed E-state index contributed by atoms with van der Waals surface area (Å²) in [6.45, 7) is 1.95. The minimum Gasteiger partial charge on any atom is -0.507 e. The molecular formula is C25H20O3. The van der Waals surface area contributed by atoms with Crippen LogP contribution in [0.3, 0.4) is 0 Å². The molecule has 0 fully saturated rings. The number of carbonyl (C=O) groups is 2. The zero-order valence-corrected chi connectivity index (χ0v) is 15.5. The zero-order chi connectivity index (χ0) is 19.7. The molecule has 0 aromatic heterocycles. The zero-order valence-electron chi connectivity index (χ0n) is 15.5. The molecule has 28 heavy (non-hydrogen) atoms. The van der Waals surface area contributed by atoms with Crippen molar-refractivity contribution in [1.82, 2.24) is 0 Å². The first kappa shape index (κ1) is 17.9. The largest absolute Gasteiger partial charge is 0.507 e. The summed E-state index contributed by atoms with van der Waals surface area (Å²) in [6, 6.07) is 24.2. The molecule has 0 bridgehead atoms. The minimum absolute atomic E-state index is 0.0325. The molecule has 1 aliphatic rings. The highest BCUT2D eigenvalue weighted by Gasteiger charge is 2.39. The molecule has 4 rings (SSSR count). The van der Waals surface area contributed by atoms with Gasteiger partial charge in [-0.25, -0.2) is 0 Å². The summed E-state index contributed by atoms with van der Waals surface area (Å²) in [6.07, 6.45) is 0.885. The third-order valence-corrected chi connectivity index (χ3v) is 5.45. The van der Waals surface area contributed by atoms with Crippen LogP contribution in [0.25, 0.3) is 5.76 Å². The molecule has 0 aliphatic heterocycles. The lowest BCUT2D eigenvalue weighted by Crippen LogP contribution is -2.20. The molecule has 2 atom stereocenters. The van der Waals surface area contributed by atoms with Gasteiger partial charge in [0, 0.05) is 17.0 Å². The molecule has 0 saturated carbocycles. The van der Waals surface area contributed by atoms with E-state index in [0.717, 1.165) is 23.0 Å². The van der Waals surface area contributed by atoms with Crippen molar-refractivity contribution in [1.29, 1.82) is 0 Å². The third-order valence-electron chi connectivity index (χ3n) is 5.45. The van der Waals surface area contributed by atoms with Crippen molar-refractivity contribution in [3.05, 3.63) is 112 Å². The van der Waals surface area contributed by atoms with Crippen LogP contribution in [0.1, 0.15) is 44.4 Å². The Morgan fingerprint density at radius 2 is 1.43 bits per heavy atom. The summed E-state index contributed by atoms with van der Waals surface area (Å²) in [7, 11) is 0. The van der Waals surface area contributed by atoms with E-state index in [9.17, 15) is 14.7 Å². The molecule has 3 aromatic rings. The maximum atomic E-state index is 13.2. The van der Waals surface area contributed by atoms with Crippen molar-refractivity contribution in [2.24, 2.45) is 0 Å². The van der Waals surface area contributed by atoms with Crippen LogP contribution in [0.5, 0.6) is 0 Å². The molecule has 3 nitrogen and oxygen atoms in total. The molecule has 0 unspecified atom stereocenters. The summed E-state index contributed by atoms with van der Waals surface area (Å²) in [5.74, 6) is -1.41. The van der Waals surface area contributed by atoms with Gasteiger partial charge in [-0.15, -0.1) is 0 Å². The van der Waals surface area contributed by atoms with E-state index in [1.807, 2.05) is 61.5 Å². The fourth-order valence-electron chi connectivity index (χ4n) is 4.08. The molecule has 1 N–H and O–H groups in total. The van der Waals surface area contributed by atoms with Crippen LogP contribution >= 0.6 is 0 Å². The quantitative estimate of drug-likeness (QED) is 0.628. The number of hydrogen-bond donors (Lipinski definition) is 1. The Morgan fingerprint density at radius 1 is 0.821 bits per heavy atom. The van der Waals surface area contributed by atoms with E-state index in [4.69, 9.17) is 0 Å². The first-order chi connectivity index (χ1) is 13.6.